The highest BCUT2D eigenvalue weighted by molar-refractivity contribution is 5.94. The van der Waals surface area contributed by atoms with E-state index in [1.165, 1.54) is 0 Å². The molecule has 16 heavy (non-hydrogen) atoms. The Kier molecular flexibility index (Phi) is 1.96. The summed E-state index contributed by atoms with van der Waals surface area (Å²) in [6, 6.07) is 9.50. The first-order valence-corrected chi connectivity index (χ1v) is 5.02. The quantitative estimate of drug-likeness (QED) is 0.669. The fourth-order valence-corrected chi connectivity index (χ4v) is 1.76. The summed E-state index contributed by atoms with van der Waals surface area (Å²) < 4.78 is 6.58. The van der Waals surface area contributed by atoms with Crippen LogP contribution in [0.5, 0.6) is 0 Å². The minimum Gasteiger partial charge on any atom is -0.459 e. The molecule has 0 bridgehead atoms. The molecule has 1 aliphatic heterocycles. The van der Waals surface area contributed by atoms with E-state index in [0.717, 1.165) is 5.56 Å². The normalized spacial score (nSPS) is 14.4. The van der Waals surface area contributed by atoms with E-state index in [1.54, 1.807) is 4.68 Å². The molecule has 0 spiro atoms. The third-order valence-corrected chi connectivity index (χ3v) is 2.51. The average molecular weight is 215 g/mol. The van der Waals surface area contributed by atoms with Crippen molar-refractivity contribution in [2.45, 2.75) is 6.54 Å². The fourth-order valence-electron chi connectivity index (χ4n) is 1.76. The van der Waals surface area contributed by atoms with E-state index >= 15 is 0 Å². The minimum absolute atomic E-state index is 0.352. The maximum atomic E-state index is 11.6. The zero-order valence-electron chi connectivity index (χ0n) is 8.46. The Balaban J connectivity index is 2.16. The van der Waals surface area contributed by atoms with Crippen LogP contribution in [0.25, 0.3) is 11.3 Å². The highest BCUT2D eigenvalue weighted by Gasteiger charge is 2.26. The summed E-state index contributed by atoms with van der Waals surface area (Å²) in [4.78, 5) is 11.6. The van der Waals surface area contributed by atoms with Crippen molar-refractivity contribution < 1.29 is 9.53 Å². The number of benzene rings is 1. The number of carbonyl (C=O) groups excluding carboxylic acids is 1. The number of hydrogen-bond donors (Lipinski definition) is 0. The Hall–Kier alpha value is -2.17. The Bertz CT molecular complexity index is 533. The first kappa shape index (κ1) is 9.08. The van der Waals surface area contributed by atoms with Gasteiger partial charge in [0.2, 0.25) is 0 Å². The van der Waals surface area contributed by atoms with Gasteiger partial charge in [-0.1, -0.05) is 35.5 Å². The topological polar surface area (TPSA) is 57.0 Å². The van der Waals surface area contributed by atoms with Gasteiger partial charge in [0.05, 0.1) is 6.54 Å². The van der Waals surface area contributed by atoms with Crippen molar-refractivity contribution in [1.29, 1.82) is 0 Å². The van der Waals surface area contributed by atoms with E-state index in [-0.39, 0.29) is 5.97 Å². The molecule has 0 unspecified atom stereocenters. The van der Waals surface area contributed by atoms with Crippen LogP contribution in [-0.2, 0) is 11.3 Å². The van der Waals surface area contributed by atoms with E-state index in [9.17, 15) is 4.79 Å². The minimum atomic E-state index is -0.352. The Morgan fingerprint density at radius 1 is 1.25 bits per heavy atom. The van der Waals surface area contributed by atoms with Gasteiger partial charge in [-0.3, -0.25) is 0 Å². The second-order valence-corrected chi connectivity index (χ2v) is 3.51. The van der Waals surface area contributed by atoms with Crippen LogP contribution in [0, 0.1) is 0 Å². The summed E-state index contributed by atoms with van der Waals surface area (Å²) in [5.41, 5.74) is 1.91. The van der Waals surface area contributed by atoms with Crippen molar-refractivity contribution in [2.75, 3.05) is 6.61 Å². The molecule has 5 nitrogen and oxygen atoms in total. The van der Waals surface area contributed by atoms with Gasteiger partial charge in [0.25, 0.3) is 0 Å². The maximum Gasteiger partial charge on any atom is 0.359 e. The largest absolute Gasteiger partial charge is 0.459 e. The monoisotopic (exact) mass is 215 g/mol. The third-order valence-electron chi connectivity index (χ3n) is 2.51. The number of rotatable bonds is 1. The maximum absolute atomic E-state index is 11.6. The van der Waals surface area contributed by atoms with Crippen LogP contribution in [0.4, 0.5) is 0 Å². The van der Waals surface area contributed by atoms with E-state index in [4.69, 9.17) is 4.74 Å². The zero-order chi connectivity index (χ0) is 11.0. The Morgan fingerprint density at radius 2 is 2.06 bits per heavy atom. The van der Waals surface area contributed by atoms with Gasteiger partial charge in [-0.25, -0.2) is 9.48 Å². The standard InChI is InChI=1S/C11H9N3O2/c15-11-10-9(8-4-2-1-3-5-8)12-13-14(10)6-7-16-11/h1-5H,6-7H2. The molecule has 3 rings (SSSR count). The molecule has 0 saturated heterocycles. The molecule has 2 heterocycles. The van der Waals surface area contributed by atoms with E-state index in [0.29, 0.717) is 24.5 Å². The summed E-state index contributed by atoms with van der Waals surface area (Å²) >= 11 is 0. The summed E-state index contributed by atoms with van der Waals surface area (Å²) in [5.74, 6) is -0.352. The lowest BCUT2D eigenvalue weighted by Crippen LogP contribution is -2.23. The highest BCUT2D eigenvalue weighted by Crippen LogP contribution is 2.23. The second kappa shape index (κ2) is 3.44. The van der Waals surface area contributed by atoms with Crippen LogP contribution in [0.1, 0.15) is 10.5 Å². The highest BCUT2D eigenvalue weighted by atomic mass is 16.5. The predicted octanol–water partition coefficient (Wildman–Crippen LogP) is 1.12. The third kappa shape index (κ3) is 1.29. The van der Waals surface area contributed by atoms with Crippen molar-refractivity contribution in [3.8, 4) is 11.3 Å². The van der Waals surface area contributed by atoms with Crippen LogP contribution in [0.3, 0.4) is 0 Å². The number of fused-ring (bicyclic) bond motifs is 1. The molecule has 0 aliphatic carbocycles. The van der Waals surface area contributed by atoms with Crippen molar-refractivity contribution in [3.63, 3.8) is 0 Å². The van der Waals surface area contributed by atoms with Crippen LogP contribution in [-0.4, -0.2) is 27.6 Å². The van der Waals surface area contributed by atoms with Gasteiger partial charge in [-0.05, 0) is 0 Å². The summed E-state index contributed by atoms with van der Waals surface area (Å²) in [7, 11) is 0. The number of hydrogen-bond acceptors (Lipinski definition) is 4. The Morgan fingerprint density at radius 3 is 2.88 bits per heavy atom. The van der Waals surface area contributed by atoms with Crippen LogP contribution < -0.4 is 0 Å². The van der Waals surface area contributed by atoms with Gasteiger partial charge >= 0.3 is 5.97 Å². The fraction of sp³-hybridized carbons (Fsp3) is 0.182. The molecule has 0 fully saturated rings. The number of cyclic esters (lactones) is 1. The average Bonchev–Trinajstić information content (AvgIpc) is 2.75. The Labute approximate surface area is 91.6 Å². The van der Waals surface area contributed by atoms with Gasteiger partial charge in [0.15, 0.2) is 5.69 Å². The molecule has 1 aliphatic rings. The lowest BCUT2D eigenvalue weighted by molar-refractivity contribution is 0.0412. The van der Waals surface area contributed by atoms with Crippen molar-refractivity contribution in [3.05, 3.63) is 36.0 Å². The zero-order valence-corrected chi connectivity index (χ0v) is 8.46. The van der Waals surface area contributed by atoms with Crippen LogP contribution in [0.2, 0.25) is 0 Å². The first-order chi connectivity index (χ1) is 7.86. The first-order valence-electron chi connectivity index (χ1n) is 5.02. The number of esters is 1. The number of aromatic nitrogens is 3. The molecule has 1 aromatic carbocycles. The summed E-state index contributed by atoms with van der Waals surface area (Å²) in [6.45, 7) is 0.935. The number of nitrogens with zero attached hydrogens (tertiary/aromatic N) is 3. The summed E-state index contributed by atoms with van der Waals surface area (Å²) in [5, 5.41) is 7.98. The molecule has 0 radical (unpaired) electrons. The molecule has 80 valence electrons. The van der Waals surface area contributed by atoms with Crippen molar-refractivity contribution in [2.24, 2.45) is 0 Å². The van der Waals surface area contributed by atoms with Crippen LogP contribution >= 0.6 is 0 Å². The van der Waals surface area contributed by atoms with Gasteiger partial charge in [0.1, 0.15) is 12.3 Å². The molecule has 1 aromatic heterocycles. The van der Waals surface area contributed by atoms with Crippen molar-refractivity contribution >= 4 is 5.97 Å². The van der Waals surface area contributed by atoms with Gasteiger partial charge in [-0.2, -0.15) is 0 Å². The van der Waals surface area contributed by atoms with E-state index in [2.05, 4.69) is 10.3 Å². The van der Waals surface area contributed by atoms with Gasteiger partial charge < -0.3 is 4.74 Å². The lowest BCUT2D eigenvalue weighted by atomic mass is 10.1. The van der Waals surface area contributed by atoms with Gasteiger partial charge in [-0.15, -0.1) is 5.10 Å². The molecule has 0 atom stereocenters. The molecular weight excluding hydrogens is 206 g/mol. The molecule has 5 heteroatoms. The van der Waals surface area contributed by atoms with Crippen molar-refractivity contribution in [1.82, 2.24) is 15.0 Å². The lowest BCUT2D eigenvalue weighted by Gasteiger charge is -2.13. The van der Waals surface area contributed by atoms with E-state index < -0.39 is 0 Å². The van der Waals surface area contributed by atoms with E-state index in [1.807, 2.05) is 30.3 Å². The second-order valence-electron chi connectivity index (χ2n) is 3.51. The SMILES string of the molecule is O=C1OCCn2nnc(-c3ccccc3)c21. The number of ether oxygens (including phenoxy) is 1. The molecule has 0 amide bonds. The molecule has 2 aromatic rings. The smallest absolute Gasteiger partial charge is 0.359 e. The molecular formula is C11H9N3O2. The molecule has 0 N–H and O–H groups in total. The summed E-state index contributed by atoms with van der Waals surface area (Å²) in [6.07, 6.45) is 0. The number of carbonyl (C=O) groups is 1. The predicted molar refractivity (Wildman–Crippen MR) is 55.7 cm³/mol. The molecule has 0 saturated carbocycles. The van der Waals surface area contributed by atoms with Crippen LogP contribution in [0.15, 0.2) is 30.3 Å². The van der Waals surface area contributed by atoms with Gasteiger partial charge in [0, 0.05) is 5.56 Å².